The van der Waals surface area contributed by atoms with E-state index < -0.39 is 0 Å². The van der Waals surface area contributed by atoms with Gasteiger partial charge in [0.25, 0.3) is 0 Å². The van der Waals surface area contributed by atoms with Gasteiger partial charge in [-0.3, -0.25) is 0 Å². The van der Waals surface area contributed by atoms with E-state index in [1.807, 2.05) is 6.92 Å². The fourth-order valence-electron chi connectivity index (χ4n) is 0.507. The van der Waals surface area contributed by atoms with Gasteiger partial charge in [0.1, 0.15) is 6.26 Å². The van der Waals surface area contributed by atoms with Crippen molar-refractivity contribution >= 4 is 5.97 Å². The van der Waals surface area contributed by atoms with Crippen LogP contribution in [0.5, 0.6) is 0 Å². The zero-order chi connectivity index (χ0) is 9.40. The van der Waals surface area contributed by atoms with Crippen molar-refractivity contribution in [2.24, 2.45) is 0 Å². The van der Waals surface area contributed by atoms with E-state index in [2.05, 4.69) is 6.58 Å². The minimum atomic E-state index is -0.348. The normalized spacial score (nSPS) is 10.7. The van der Waals surface area contributed by atoms with Gasteiger partial charge in [0.15, 0.2) is 0 Å². The zero-order valence-corrected chi connectivity index (χ0v) is 7.50. The Morgan fingerprint density at radius 1 is 1.58 bits per heavy atom. The summed E-state index contributed by atoms with van der Waals surface area (Å²) in [7, 11) is 0. The molecule has 0 amide bonds. The van der Waals surface area contributed by atoms with Gasteiger partial charge in [-0.2, -0.15) is 0 Å². The van der Waals surface area contributed by atoms with Crippen molar-refractivity contribution < 1.29 is 14.3 Å². The smallest absolute Gasteiger partial charge is 0.336 e. The molecule has 0 aromatic carbocycles. The third kappa shape index (κ3) is 4.55. The molecule has 0 fully saturated rings. The lowest BCUT2D eigenvalue weighted by atomic mass is 10.3. The largest absolute Gasteiger partial charge is 0.473 e. The van der Waals surface area contributed by atoms with Crippen LogP contribution in [-0.2, 0) is 14.3 Å². The molecule has 0 atom stereocenters. The third-order valence-electron chi connectivity index (χ3n) is 1.10. The van der Waals surface area contributed by atoms with Crippen LogP contribution in [0.1, 0.15) is 20.3 Å². The van der Waals surface area contributed by atoms with Crippen molar-refractivity contribution in [1.82, 2.24) is 0 Å². The van der Waals surface area contributed by atoms with Crippen molar-refractivity contribution in [3.63, 3.8) is 0 Å². The number of carbonyl (C=O) groups excluding carboxylic acids is 1. The van der Waals surface area contributed by atoms with Crippen LogP contribution in [0, 0.1) is 0 Å². The van der Waals surface area contributed by atoms with E-state index in [9.17, 15) is 4.79 Å². The van der Waals surface area contributed by atoms with Crippen LogP contribution in [-0.4, -0.2) is 12.6 Å². The molecular weight excluding hydrogens is 156 g/mol. The Morgan fingerprint density at radius 3 is 2.75 bits per heavy atom. The van der Waals surface area contributed by atoms with Gasteiger partial charge in [-0.05, 0) is 13.3 Å². The van der Waals surface area contributed by atoms with Crippen LogP contribution in [0.2, 0.25) is 0 Å². The second-order valence-corrected chi connectivity index (χ2v) is 2.24. The van der Waals surface area contributed by atoms with Crippen LogP contribution >= 0.6 is 0 Å². The predicted molar refractivity (Wildman–Crippen MR) is 46.3 cm³/mol. The molecule has 0 rings (SSSR count). The highest BCUT2D eigenvalue weighted by molar-refractivity contribution is 5.87. The first-order valence-corrected chi connectivity index (χ1v) is 3.82. The van der Waals surface area contributed by atoms with Crippen LogP contribution < -0.4 is 0 Å². The van der Waals surface area contributed by atoms with Gasteiger partial charge in [-0.1, -0.05) is 13.5 Å². The fourth-order valence-corrected chi connectivity index (χ4v) is 0.507. The summed E-state index contributed by atoms with van der Waals surface area (Å²) >= 11 is 0. The van der Waals surface area contributed by atoms with E-state index in [1.165, 1.54) is 12.5 Å². The van der Waals surface area contributed by atoms with Crippen LogP contribution in [0.3, 0.4) is 0 Å². The lowest BCUT2D eigenvalue weighted by Gasteiger charge is -2.01. The molecule has 0 aliphatic rings. The summed E-state index contributed by atoms with van der Waals surface area (Å²) in [6, 6.07) is 0. The summed E-state index contributed by atoms with van der Waals surface area (Å²) in [5, 5.41) is 0. The van der Waals surface area contributed by atoms with E-state index in [4.69, 9.17) is 9.47 Å². The van der Waals surface area contributed by atoms with Crippen molar-refractivity contribution in [2.45, 2.75) is 20.3 Å². The molecule has 0 bridgehead atoms. The maximum Gasteiger partial charge on any atom is 0.336 e. The molecular formula is C9H14O3. The summed E-state index contributed by atoms with van der Waals surface area (Å²) in [4.78, 5) is 11.0. The van der Waals surface area contributed by atoms with Crippen molar-refractivity contribution in [1.29, 1.82) is 0 Å². The Morgan fingerprint density at radius 2 is 2.25 bits per heavy atom. The molecule has 0 saturated carbocycles. The molecule has 0 aromatic heterocycles. The predicted octanol–water partition coefficient (Wildman–Crippen LogP) is 2.00. The molecule has 3 nitrogen and oxygen atoms in total. The van der Waals surface area contributed by atoms with Crippen molar-refractivity contribution in [3.8, 4) is 0 Å². The monoisotopic (exact) mass is 170 g/mol. The number of esters is 1. The van der Waals surface area contributed by atoms with Crippen molar-refractivity contribution in [2.75, 3.05) is 6.61 Å². The molecule has 0 saturated heterocycles. The molecule has 0 radical (unpaired) electrons. The fraction of sp³-hybridized carbons (Fsp3) is 0.444. The Labute approximate surface area is 72.7 Å². The summed E-state index contributed by atoms with van der Waals surface area (Å²) in [6.07, 6.45) is 3.38. The van der Waals surface area contributed by atoms with Gasteiger partial charge >= 0.3 is 5.97 Å². The Hall–Kier alpha value is -1.25. The van der Waals surface area contributed by atoms with Crippen LogP contribution in [0.4, 0.5) is 0 Å². The minimum absolute atomic E-state index is 0.348. The first-order valence-electron chi connectivity index (χ1n) is 3.82. The number of rotatable bonds is 5. The molecule has 12 heavy (non-hydrogen) atoms. The highest BCUT2D eigenvalue weighted by Gasteiger charge is 2.03. The minimum Gasteiger partial charge on any atom is -0.473 e. The highest BCUT2D eigenvalue weighted by atomic mass is 16.5. The Bertz CT molecular complexity index is 182. The molecule has 0 spiro atoms. The molecule has 0 N–H and O–H groups in total. The molecule has 0 aliphatic carbocycles. The van der Waals surface area contributed by atoms with Gasteiger partial charge in [0.05, 0.1) is 18.4 Å². The van der Waals surface area contributed by atoms with Gasteiger partial charge in [0.2, 0.25) is 0 Å². The molecule has 0 unspecified atom stereocenters. The standard InChI is InChI=1S/C9H14O3/c1-4-6-12-9(10)8(3)7-11-5-2/h5,7H,2,4,6H2,1,3H3. The van der Waals surface area contributed by atoms with Crippen LogP contribution in [0.15, 0.2) is 24.7 Å². The molecule has 0 aliphatic heterocycles. The number of carbonyl (C=O) groups is 1. The Kier molecular flexibility index (Phi) is 5.79. The lowest BCUT2D eigenvalue weighted by Crippen LogP contribution is -2.06. The highest BCUT2D eigenvalue weighted by Crippen LogP contribution is 1.97. The SMILES string of the molecule is C=COC=C(C)C(=O)OCCC. The van der Waals surface area contributed by atoms with E-state index in [-0.39, 0.29) is 5.97 Å². The molecule has 68 valence electrons. The van der Waals surface area contributed by atoms with E-state index in [0.29, 0.717) is 12.2 Å². The summed E-state index contributed by atoms with van der Waals surface area (Å²) < 4.78 is 9.53. The van der Waals surface area contributed by atoms with Crippen molar-refractivity contribution in [3.05, 3.63) is 24.7 Å². The summed E-state index contributed by atoms with van der Waals surface area (Å²) in [6.45, 7) is 7.34. The van der Waals surface area contributed by atoms with Gasteiger partial charge in [-0.25, -0.2) is 4.79 Å². The van der Waals surface area contributed by atoms with Gasteiger partial charge in [-0.15, -0.1) is 0 Å². The number of ether oxygens (including phenoxy) is 2. The molecule has 3 heteroatoms. The zero-order valence-electron chi connectivity index (χ0n) is 7.50. The van der Waals surface area contributed by atoms with Gasteiger partial charge in [0, 0.05) is 0 Å². The quantitative estimate of drug-likeness (QED) is 0.359. The van der Waals surface area contributed by atoms with Crippen LogP contribution in [0.25, 0.3) is 0 Å². The second kappa shape index (κ2) is 6.46. The maximum absolute atomic E-state index is 11.0. The third-order valence-corrected chi connectivity index (χ3v) is 1.10. The maximum atomic E-state index is 11.0. The second-order valence-electron chi connectivity index (χ2n) is 2.24. The number of hydrogen-bond donors (Lipinski definition) is 0. The van der Waals surface area contributed by atoms with E-state index >= 15 is 0 Å². The average molecular weight is 170 g/mol. The van der Waals surface area contributed by atoms with Gasteiger partial charge < -0.3 is 9.47 Å². The lowest BCUT2D eigenvalue weighted by molar-refractivity contribution is -0.139. The van der Waals surface area contributed by atoms with E-state index in [1.54, 1.807) is 6.92 Å². The molecule has 0 heterocycles. The first-order chi connectivity index (χ1) is 5.72. The molecule has 0 aromatic rings. The summed E-state index contributed by atoms with van der Waals surface area (Å²) in [5.74, 6) is -0.348. The first kappa shape index (κ1) is 10.8. The topological polar surface area (TPSA) is 35.5 Å². The summed E-state index contributed by atoms with van der Waals surface area (Å²) in [5.41, 5.74) is 0.434. The Balaban J connectivity index is 3.83. The van der Waals surface area contributed by atoms with E-state index in [0.717, 1.165) is 6.42 Å². The number of hydrogen-bond acceptors (Lipinski definition) is 3. The average Bonchev–Trinajstić information content (AvgIpc) is 2.10.